The summed E-state index contributed by atoms with van der Waals surface area (Å²) >= 11 is 0.738. The number of nitrogens with one attached hydrogen (secondary N) is 1. The number of carbonyl (C=O) groups is 1. The van der Waals surface area contributed by atoms with E-state index in [-0.39, 0.29) is 4.91 Å². The van der Waals surface area contributed by atoms with E-state index in [0.717, 1.165) is 30.5 Å². The number of nitrogens with zero attached hydrogens (tertiary/aromatic N) is 1. The maximum absolute atomic E-state index is 11.1. The van der Waals surface area contributed by atoms with Gasteiger partial charge in [0.15, 0.2) is 0 Å². The van der Waals surface area contributed by atoms with E-state index in [2.05, 4.69) is 5.32 Å². The summed E-state index contributed by atoms with van der Waals surface area (Å²) in [6.45, 7) is 2.62. The van der Waals surface area contributed by atoms with Gasteiger partial charge in [-0.2, -0.15) is 5.26 Å². The summed E-state index contributed by atoms with van der Waals surface area (Å²) in [6, 6.07) is 0. The zero-order valence-corrected chi connectivity index (χ0v) is 11.6. The number of carboxylic acids is 1. The van der Waals surface area contributed by atoms with Crippen molar-refractivity contribution in [3.63, 3.8) is 0 Å². The maximum atomic E-state index is 11.1. The standard InChI is InChI=1S/C13H20N2O2S/c1-2-15-11(12(13(16)17)18-9-14)8-7-10-5-3-4-6-10/h10,15H,2-8H2,1H3,(H,16,17)/b12-11+. The van der Waals surface area contributed by atoms with Gasteiger partial charge < -0.3 is 10.4 Å². The molecule has 0 saturated heterocycles. The van der Waals surface area contributed by atoms with Crippen LogP contribution in [0.2, 0.25) is 0 Å². The molecule has 0 aromatic rings. The van der Waals surface area contributed by atoms with Crippen molar-refractivity contribution in [2.75, 3.05) is 6.54 Å². The summed E-state index contributed by atoms with van der Waals surface area (Å²) in [5.74, 6) is -0.287. The van der Waals surface area contributed by atoms with Crippen LogP contribution in [0.3, 0.4) is 0 Å². The highest BCUT2D eigenvalue weighted by atomic mass is 32.2. The third kappa shape index (κ3) is 4.61. The minimum absolute atomic E-state index is 0.150. The Bertz CT molecular complexity index is 354. The lowest BCUT2D eigenvalue weighted by atomic mass is 10.0. The Morgan fingerprint density at radius 3 is 2.67 bits per heavy atom. The second-order valence-corrected chi connectivity index (χ2v) is 5.32. The number of allylic oxidation sites excluding steroid dienone is 1. The van der Waals surface area contributed by atoms with Gasteiger partial charge in [-0.3, -0.25) is 0 Å². The highest BCUT2D eigenvalue weighted by molar-refractivity contribution is 8.08. The van der Waals surface area contributed by atoms with Crippen molar-refractivity contribution in [3.8, 4) is 5.40 Å². The maximum Gasteiger partial charge on any atom is 0.345 e. The van der Waals surface area contributed by atoms with Gasteiger partial charge in [0.05, 0.1) is 0 Å². The van der Waals surface area contributed by atoms with E-state index >= 15 is 0 Å². The van der Waals surface area contributed by atoms with Crippen LogP contribution in [0.25, 0.3) is 0 Å². The smallest absolute Gasteiger partial charge is 0.345 e. The SMILES string of the molecule is CCN/C(CCC1CCCC1)=C(/SC#N)C(=O)O. The van der Waals surface area contributed by atoms with Crippen LogP contribution in [0.5, 0.6) is 0 Å². The summed E-state index contributed by atoms with van der Waals surface area (Å²) in [4.78, 5) is 11.3. The quantitative estimate of drug-likeness (QED) is 0.548. The van der Waals surface area contributed by atoms with Crippen molar-refractivity contribution >= 4 is 17.7 Å². The number of aliphatic carboxylic acids is 1. The van der Waals surface area contributed by atoms with Crippen molar-refractivity contribution in [2.24, 2.45) is 5.92 Å². The fourth-order valence-corrected chi connectivity index (χ4v) is 2.90. The van der Waals surface area contributed by atoms with Gasteiger partial charge in [0.1, 0.15) is 10.3 Å². The molecular weight excluding hydrogens is 248 g/mol. The molecule has 0 atom stereocenters. The van der Waals surface area contributed by atoms with Gasteiger partial charge in [0, 0.05) is 12.2 Å². The van der Waals surface area contributed by atoms with E-state index in [0.29, 0.717) is 12.2 Å². The van der Waals surface area contributed by atoms with Gasteiger partial charge >= 0.3 is 5.97 Å². The molecule has 1 aliphatic rings. The second kappa shape index (κ2) is 8.04. The van der Waals surface area contributed by atoms with E-state index in [1.54, 1.807) is 0 Å². The van der Waals surface area contributed by atoms with Crippen molar-refractivity contribution in [1.29, 1.82) is 5.26 Å². The lowest BCUT2D eigenvalue weighted by molar-refractivity contribution is -0.131. The summed E-state index contributed by atoms with van der Waals surface area (Å²) in [5, 5.41) is 22.7. The Morgan fingerprint density at radius 2 is 2.17 bits per heavy atom. The van der Waals surface area contributed by atoms with E-state index in [1.165, 1.54) is 25.7 Å². The van der Waals surface area contributed by atoms with Gasteiger partial charge in [-0.05, 0) is 37.4 Å². The summed E-state index contributed by atoms with van der Waals surface area (Å²) in [5.41, 5.74) is 0.712. The largest absolute Gasteiger partial charge is 0.477 e. The lowest BCUT2D eigenvalue weighted by Gasteiger charge is -2.14. The van der Waals surface area contributed by atoms with Gasteiger partial charge in [-0.1, -0.05) is 25.7 Å². The minimum Gasteiger partial charge on any atom is -0.477 e. The van der Waals surface area contributed by atoms with Crippen molar-refractivity contribution in [1.82, 2.24) is 5.32 Å². The zero-order chi connectivity index (χ0) is 13.4. The predicted molar refractivity (Wildman–Crippen MR) is 72.7 cm³/mol. The first-order chi connectivity index (χ1) is 8.69. The molecule has 4 nitrogen and oxygen atoms in total. The number of nitriles is 1. The van der Waals surface area contributed by atoms with Gasteiger partial charge in [-0.25, -0.2) is 4.79 Å². The average Bonchev–Trinajstić information content (AvgIpc) is 2.84. The summed E-state index contributed by atoms with van der Waals surface area (Å²) < 4.78 is 0. The zero-order valence-electron chi connectivity index (χ0n) is 10.7. The fourth-order valence-electron chi connectivity index (χ4n) is 2.42. The van der Waals surface area contributed by atoms with E-state index in [9.17, 15) is 4.79 Å². The molecule has 0 heterocycles. The number of carboxylic acid groups (broad SMARTS) is 1. The molecule has 1 rings (SSSR count). The first-order valence-electron chi connectivity index (χ1n) is 6.45. The molecule has 1 saturated carbocycles. The third-order valence-corrected chi connectivity index (χ3v) is 4.00. The van der Waals surface area contributed by atoms with Gasteiger partial charge in [-0.15, -0.1) is 0 Å². The van der Waals surface area contributed by atoms with Gasteiger partial charge in [0.2, 0.25) is 0 Å². The van der Waals surface area contributed by atoms with Crippen molar-refractivity contribution < 1.29 is 9.90 Å². The predicted octanol–water partition coefficient (Wildman–Crippen LogP) is 3.08. The highest BCUT2D eigenvalue weighted by Crippen LogP contribution is 2.31. The van der Waals surface area contributed by atoms with Crippen LogP contribution >= 0.6 is 11.8 Å². The van der Waals surface area contributed by atoms with E-state index in [1.807, 2.05) is 12.3 Å². The van der Waals surface area contributed by atoms with Crippen LogP contribution in [0.4, 0.5) is 0 Å². The number of thioether (sulfide) groups is 1. The Hall–Kier alpha value is -1.15. The van der Waals surface area contributed by atoms with Gasteiger partial charge in [0.25, 0.3) is 0 Å². The van der Waals surface area contributed by atoms with Crippen LogP contribution in [0.15, 0.2) is 10.6 Å². The molecular formula is C13H20N2O2S. The number of hydrogen-bond donors (Lipinski definition) is 2. The van der Waals surface area contributed by atoms with Crippen LogP contribution < -0.4 is 5.32 Å². The molecule has 0 spiro atoms. The van der Waals surface area contributed by atoms with Crippen molar-refractivity contribution in [3.05, 3.63) is 10.6 Å². The number of hydrogen-bond acceptors (Lipinski definition) is 4. The molecule has 0 bridgehead atoms. The molecule has 5 heteroatoms. The summed E-state index contributed by atoms with van der Waals surface area (Å²) in [7, 11) is 0. The lowest BCUT2D eigenvalue weighted by Crippen LogP contribution is -2.17. The van der Waals surface area contributed by atoms with Crippen LogP contribution in [0.1, 0.15) is 45.4 Å². The molecule has 0 radical (unpaired) electrons. The number of thiocyanates is 1. The molecule has 0 amide bonds. The molecule has 0 aromatic carbocycles. The minimum atomic E-state index is -1.01. The number of rotatable bonds is 7. The second-order valence-electron chi connectivity index (χ2n) is 4.53. The summed E-state index contributed by atoms with van der Waals surface area (Å²) in [6.07, 6.45) is 6.85. The molecule has 0 unspecified atom stereocenters. The molecule has 1 aliphatic carbocycles. The van der Waals surface area contributed by atoms with Crippen LogP contribution in [-0.4, -0.2) is 17.6 Å². The monoisotopic (exact) mass is 268 g/mol. The van der Waals surface area contributed by atoms with E-state index < -0.39 is 5.97 Å². The molecule has 2 N–H and O–H groups in total. The Morgan fingerprint density at radius 1 is 1.50 bits per heavy atom. The van der Waals surface area contributed by atoms with Crippen LogP contribution in [0, 0.1) is 16.6 Å². The fraction of sp³-hybridized carbons (Fsp3) is 0.692. The first kappa shape index (κ1) is 14.9. The first-order valence-corrected chi connectivity index (χ1v) is 7.27. The molecule has 1 fully saturated rings. The van der Waals surface area contributed by atoms with Crippen molar-refractivity contribution in [2.45, 2.75) is 45.4 Å². The normalized spacial score (nSPS) is 17.1. The highest BCUT2D eigenvalue weighted by Gasteiger charge is 2.19. The Balaban J connectivity index is 2.68. The molecule has 0 aliphatic heterocycles. The average molecular weight is 268 g/mol. The molecule has 18 heavy (non-hydrogen) atoms. The van der Waals surface area contributed by atoms with Crippen LogP contribution in [-0.2, 0) is 4.79 Å². The van der Waals surface area contributed by atoms with E-state index in [4.69, 9.17) is 10.4 Å². The third-order valence-electron chi connectivity index (χ3n) is 3.28. The Kier molecular flexibility index (Phi) is 6.66. The molecule has 0 aromatic heterocycles. The topological polar surface area (TPSA) is 73.1 Å². The Labute approximate surface area is 112 Å². The molecule has 100 valence electrons.